The highest BCUT2D eigenvalue weighted by atomic mass is 16.1. The molecule has 2 aromatic carbocycles. The maximum Gasteiger partial charge on any atom is 0.217 e. The van der Waals surface area contributed by atoms with Crippen molar-refractivity contribution in [1.29, 1.82) is 0 Å². The van der Waals surface area contributed by atoms with Crippen LogP contribution in [0.15, 0.2) is 78.4 Å². The van der Waals surface area contributed by atoms with Crippen LogP contribution in [-0.2, 0) is 4.79 Å². The Kier molecular flexibility index (Phi) is 8.05. The molecule has 0 fully saturated rings. The number of rotatable bonds is 8. The highest BCUT2D eigenvalue weighted by Crippen LogP contribution is 2.32. The third-order valence-corrected chi connectivity index (χ3v) is 6.17. The molecular weight excluding hydrogens is 406 g/mol. The molecule has 0 heterocycles. The third-order valence-electron chi connectivity index (χ3n) is 6.17. The number of nitrogens with two attached hydrogens (primary N) is 1. The van der Waals surface area contributed by atoms with Crippen LogP contribution < -0.4 is 10.6 Å². The molecular formula is C29H36N3O+. The average molecular weight is 443 g/mol. The van der Waals surface area contributed by atoms with Gasteiger partial charge in [0, 0.05) is 38.4 Å². The van der Waals surface area contributed by atoms with Gasteiger partial charge in [0.2, 0.25) is 5.91 Å². The standard InChI is InChI=1S/C29H35N3O/c1-21(7-6-8-28(30)33)22-9-11-23(12-10-22)29(24-13-17-26(18-14-24)31(2)3)25-15-19-27(20-16-25)32(4)5/h9-21H,6-8H2,1-5H3,(H-,30,33)/p+1. The SMILES string of the molecule is CC(CCCC(N)=O)c1ccc(C(=C2C=CC(=[N+](C)C)C=C2)c2ccc(N(C)C)cc2)cc1. The normalized spacial score (nSPS) is 13.7. The summed E-state index contributed by atoms with van der Waals surface area (Å²) in [6, 6.07) is 17.6. The summed E-state index contributed by atoms with van der Waals surface area (Å²) in [5.74, 6) is 0.165. The topological polar surface area (TPSA) is 49.3 Å². The predicted molar refractivity (Wildman–Crippen MR) is 140 cm³/mol. The van der Waals surface area contributed by atoms with Crippen molar-refractivity contribution in [1.82, 2.24) is 0 Å². The second-order valence-electron chi connectivity index (χ2n) is 9.14. The highest BCUT2D eigenvalue weighted by molar-refractivity contribution is 6.04. The molecule has 0 aromatic heterocycles. The summed E-state index contributed by atoms with van der Waals surface area (Å²) in [5, 5.41) is 0. The molecule has 0 aliphatic heterocycles. The van der Waals surface area contributed by atoms with Crippen molar-refractivity contribution in [2.24, 2.45) is 5.73 Å². The molecule has 2 aromatic rings. The Bertz CT molecular complexity index is 1080. The van der Waals surface area contributed by atoms with Crippen molar-refractivity contribution in [2.75, 3.05) is 33.1 Å². The first-order valence-corrected chi connectivity index (χ1v) is 11.6. The first kappa shape index (κ1) is 24.2. The molecule has 3 rings (SSSR count). The van der Waals surface area contributed by atoms with Crippen molar-refractivity contribution in [3.05, 3.63) is 95.1 Å². The van der Waals surface area contributed by atoms with Gasteiger partial charge in [0.25, 0.3) is 0 Å². The number of hydrogen-bond acceptors (Lipinski definition) is 2. The number of carbonyl (C=O) groups is 1. The molecule has 0 radical (unpaired) electrons. The van der Waals surface area contributed by atoms with E-state index in [1.807, 2.05) is 0 Å². The minimum absolute atomic E-state index is 0.225. The fraction of sp³-hybridized carbons (Fsp3) is 0.310. The summed E-state index contributed by atoms with van der Waals surface area (Å²) in [6.45, 7) is 2.21. The molecule has 4 nitrogen and oxygen atoms in total. The van der Waals surface area contributed by atoms with E-state index in [1.54, 1.807) is 0 Å². The molecule has 0 spiro atoms. The first-order valence-electron chi connectivity index (χ1n) is 11.6. The van der Waals surface area contributed by atoms with Gasteiger partial charge in [-0.05, 0) is 70.9 Å². The van der Waals surface area contributed by atoms with Crippen LogP contribution >= 0.6 is 0 Å². The van der Waals surface area contributed by atoms with Crippen LogP contribution in [0, 0.1) is 0 Å². The summed E-state index contributed by atoms with van der Waals surface area (Å²) in [7, 11) is 8.23. The minimum atomic E-state index is -0.225. The lowest BCUT2D eigenvalue weighted by atomic mass is 9.88. The first-order chi connectivity index (χ1) is 15.8. The van der Waals surface area contributed by atoms with E-state index in [2.05, 4.69) is 117 Å². The van der Waals surface area contributed by atoms with E-state index in [9.17, 15) is 4.79 Å². The molecule has 2 N–H and O–H groups in total. The fourth-order valence-electron chi connectivity index (χ4n) is 4.08. The van der Waals surface area contributed by atoms with Gasteiger partial charge in [0.1, 0.15) is 14.1 Å². The molecule has 1 unspecified atom stereocenters. The molecule has 0 saturated heterocycles. The van der Waals surface area contributed by atoms with E-state index in [1.165, 1.54) is 39.2 Å². The Morgan fingerprint density at radius 3 is 1.94 bits per heavy atom. The molecule has 1 aliphatic carbocycles. The predicted octanol–water partition coefficient (Wildman–Crippen LogP) is 5.15. The zero-order valence-electron chi connectivity index (χ0n) is 20.5. The van der Waals surface area contributed by atoms with Crippen molar-refractivity contribution >= 4 is 22.9 Å². The zero-order valence-corrected chi connectivity index (χ0v) is 20.5. The molecule has 1 amide bonds. The average Bonchev–Trinajstić information content (AvgIpc) is 2.80. The number of anilines is 1. The van der Waals surface area contributed by atoms with Gasteiger partial charge in [-0.25, -0.2) is 4.58 Å². The van der Waals surface area contributed by atoms with Gasteiger partial charge in [-0.1, -0.05) is 43.3 Å². The van der Waals surface area contributed by atoms with Gasteiger partial charge in [-0.2, -0.15) is 0 Å². The van der Waals surface area contributed by atoms with Crippen molar-refractivity contribution in [2.45, 2.75) is 32.1 Å². The van der Waals surface area contributed by atoms with E-state index in [-0.39, 0.29) is 5.91 Å². The van der Waals surface area contributed by atoms with Crippen LogP contribution in [0.2, 0.25) is 0 Å². The van der Waals surface area contributed by atoms with E-state index < -0.39 is 0 Å². The number of hydrogen-bond donors (Lipinski definition) is 1. The molecule has 4 heteroatoms. The van der Waals surface area contributed by atoms with E-state index in [0.29, 0.717) is 12.3 Å². The maximum absolute atomic E-state index is 11.0. The monoisotopic (exact) mass is 442 g/mol. The van der Waals surface area contributed by atoms with E-state index >= 15 is 0 Å². The lowest BCUT2D eigenvalue weighted by Gasteiger charge is -2.17. The van der Waals surface area contributed by atoms with Gasteiger partial charge in [-0.3, -0.25) is 4.79 Å². The quantitative estimate of drug-likeness (QED) is 0.575. The number of benzene rings is 2. The molecule has 1 atom stereocenters. The summed E-state index contributed by atoms with van der Waals surface area (Å²) in [6.07, 6.45) is 11.0. The number of amides is 1. The summed E-state index contributed by atoms with van der Waals surface area (Å²) < 4.78 is 2.11. The Morgan fingerprint density at radius 2 is 1.45 bits per heavy atom. The Balaban J connectivity index is 1.96. The lowest BCUT2D eigenvalue weighted by molar-refractivity contribution is -0.462. The fourth-order valence-corrected chi connectivity index (χ4v) is 4.08. The van der Waals surface area contributed by atoms with Crippen molar-refractivity contribution in [3.8, 4) is 0 Å². The smallest absolute Gasteiger partial charge is 0.217 e. The largest absolute Gasteiger partial charge is 0.378 e. The number of allylic oxidation sites excluding steroid dienone is 5. The molecule has 172 valence electrons. The second kappa shape index (κ2) is 11.0. The van der Waals surface area contributed by atoms with Gasteiger partial charge >= 0.3 is 0 Å². The van der Waals surface area contributed by atoms with Crippen LogP contribution in [0.5, 0.6) is 0 Å². The van der Waals surface area contributed by atoms with Crippen LogP contribution in [0.4, 0.5) is 5.69 Å². The van der Waals surface area contributed by atoms with Gasteiger partial charge in [-0.15, -0.1) is 0 Å². The maximum atomic E-state index is 11.0. The molecule has 33 heavy (non-hydrogen) atoms. The summed E-state index contributed by atoms with van der Waals surface area (Å²) in [5.41, 5.74) is 13.7. The summed E-state index contributed by atoms with van der Waals surface area (Å²) in [4.78, 5) is 13.2. The van der Waals surface area contributed by atoms with E-state index in [0.717, 1.165) is 12.8 Å². The lowest BCUT2D eigenvalue weighted by Crippen LogP contribution is -2.10. The van der Waals surface area contributed by atoms with Crippen molar-refractivity contribution in [3.63, 3.8) is 0 Å². The molecule has 0 saturated carbocycles. The van der Waals surface area contributed by atoms with Crippen molar-refractivity contribution < 1.29 is 9.37 Å². The van der Waals surface area contributed by atoms with Gasteiger partial charge in [0.05, 0.1) is 0 Å². The van der Waals surface area contributed by atoms with Crippen LogP contribution in [-0.4, -0.2) is 44.4 Å². The van der Waals surface area contributed by atoms with Crippen LogP contribution in [0.25, 0.3) is 5.57 Å². The number of nitrogens with zero attached hydrogens (tertiary/aromatic N) is 2. The second-order valence-corrected chi connectivity index (χ2v) is 9.14. The minimum Gasteiger partial charge on any atom is -0.378 e. The molecule has 1 aliphatic rings. The third kappa shape index (κ3) is 6.32. The Morgan fingerprint density at radius 1 is 0.909 bits per heavy atom. The Hall–Kier alpha value is -3.40. The van der Waals surface area contributed by atoms with Crippen LogP contribution in [0.1, 0.15) is 48.8 Å². The molecule has 0 bridgehead atoms. The summed E-state index contributed by atoms with van der Waals surface area (Å²) >= 11 is 0. The van der Waals surface area contributed by atoms with Gasteiger partial charge in [0.15, 0.2) is 5.71 Å². The van der Waals surface area contributed by atoms with E-state index in [4.69, 9.17) is 5.73 Å². The van der Waals surface area contributed by atoms with Crippen LogP contribution in [0.3, 0.4) is 0 Å². The van der Waals surface area contributed by atoms with Gasteiger partial charge < -0.3 is 10.6 Å². The highest BCUT2D eigenvalue weighted by Gasteiger charge is 2.14. The zero-order chi connectivity index (χ0) is 24.0. The Labute approximate surface area is 198 Å². The number of carbonyl (C=O) groups excluding carboxylic acids is 1. The number of primary amides is 1.